The number of nitrogens with zero attached hydrogens (tertiary/aromatic N) is 2. The first-order valence-electron chi connectivity index (χ1n) is 12.6. The molecular weight excluding hydrogens is 525 g/mol. The van der Waals surface area contributed by atoms with Gasteiger partial charge in [0, 0.05) is 29.5 Å². The molecular formula is C27H34FN5O7. The molecule has 0 fully saturated rings. The van der Waals surface area contributed by atoms with Gasteiger partial charge in [-0.15, -0.1) is 0 Å². The molecule has 0 bridgehead atoms. The molecule has 0 spiro atoms. The smallest absolute Gasteiger partial charge is 0.328 e. The van der Waals surface area contributed by atoms with Crippen LogP contribution in [-0.4, -0.2) is 71.9 Å². The van der Waals surface area contributed by atoms with E-state index in [4.69, 9.17) is 0 Å². The zero-order valence-electron chi connectivity index (χ0n) is 23.0. The number of hydrogen-bond acceptors (Lipinski definition) is 9. The number of aliphatic hydroxyl groups is 1. The van der Waals surface area contributed by atoms with Crippen LogP contribution in [-0.2, 0) is 30.3 Å². The molecule has 1 aliphatic heterocycles. The molecule has 1 aromatic carbocycles. The van der Waals surface area contributed by atoms with Gasteiger partial charge in [0.25, 0.3) is 5.91 Å². The van der Waals surface area contributed by atoms with Crippen molar-refractivity contribution in [2.75, 3.05) is 26.1 Å². The Kier molecular flexibility index (Phi) is 9.64. The second-order valence-electron chi connectivity index (χ2n) is 10.3. The summed E-state index contributed by atoms with van der Waals surface area (Å²) in [6.07, 6.45) is 0.386. The van der Waals surface area contributed by atoms with E-state index in [0.29, 0.717) is 22.8 Å². The van der Waals surface area contributed by atoms with E-state index in [1.165, 1.54) is 30.5 Å². The van der Waals surface area contributed by atoms with Gasteiger partial charge in [-0.3, -0.25) is 14.4 Å². The second-order valence-corrected chi connectivity index (χ2v) is 10.3. The van der Waals surface area contributed by atoms with Gasteiger partial charge in [0.2, 0.25) is 5.91 Å². The lowest BCUT2D eigenvalue weighted by molar-refractivity contribution is -0.144. The number of rotatable bonds is 10. The quantitative estimate of drug-likeness (QED) is 0.323. The lowest BCUT2D eigenvalue weighted by Crippen LogP contribution is -2.42. The summed E-state index contributed by atoms with van der Waals surface area (Å²) >= 11 is 0. The van der Waals surface area contributed by atoms with Crippen LogP contribution in [0.4, 0.5) is 16.0 Å². The molecule has 0 radical (unpaired) electrons. The zero-order valence-corrected chi connectivity index (χ0v) is 23.0. The number of ether oxygens (including phenoxy) is 2. The highest BCUT2D eigenvalue weighted by Crippen LogP contribution is 2.34. The number of aromatic amines is 1. The molecule has 1 aromatic heterocycles. The maximum absolute atomic E-state index is 14.9. The summed E-state index contributed by atoms with van der Waals surface area (Å²) in [7, 11) is 2.36. The van der Waals surface area contributed by atoms with Crippen molar-refractivity contribution < 1.29 is 38.1 Å². The number of halogens is 1. The number of esters is 2. The Morgan fingerprint density at radius 2 is 1.90 bits per heavy atom. The van der Waals surface area contributed by atoms with Crippen LogP contribution in [0, 0.1) is 11.2 Å². The number of amides is 2. The van der Waals surface area contributed by atoms with E-state index in [1.54, 1.807) is 26.8 Å². The van der Waals surface area contributed by atoms with Crippen LogP contribution < -0.4 is 10.6 Å². The van der Waals surface area contributed by atoms with Crippen molar-refractivity contribution in [2.45, 2.75) is 52.3 Å². The highest BCUT2D eigenvalue weighted by molar-refractivity contribution is 5.97. The topological polar surface area (TPSA) is 162 Å². The van der Waals surface area contributed by atoms with Gasteiger partial charge in [-0.2, -0.15) is 0 Å². The van der Waals surface area contributed by atoms with E-state index in [1.807, 2.05) is 0 Å². The summed E-state index contributed by atoms with van der Waals surface area (Å²) in [6.45, 7) is 5.56. The van der Waals surface area contributed by atoms with E-state index in [9.17, 15) is 28.7 Å². The predicted molar refractivity (Wildman–Crippen MR) is 143 cm³/mol. The molecule has 13 heteroatoms. The molecule has 2 heterocycles. The number of aliphatic imine (C=N–C) groups is 1. The number of benzene rings is 1. The van der Waals surface area contributed by atoms with E-state index in [0.717, 1.165) is 13.2 Å². The van der Waals surface area contributed by atoms with Gasteiger partial charge in [0.05, 0.1) is 20.6 Å². The van der Waals surface area contributed by atoms with Gasteiger partial charge in [-0.25, -0.2) is 14.2 Å². The number of fused-ring (bicyclic) bond motifs is 1. The van der Waals surface area contributed by atoms with Crippen LogP contribution in [0.1, 0.15) is 61.3 Å². The summed E-state index contributed by atoms with van der Waals surface area (Å²) in [5, 5.41) is 16.0. The predicted octanol–water partition coefficient (Wildman–Crippen LogP) is 2.57. The molecule has 0 saturated heterocycles. The fourth-order valence-corrected chi connectivity index (χ4v) is 3.83. The van der Waals surface area contributed by atoms with Crippen molar-refractivity contribution >= 4 is 41.7 Å². The molecule has 216 valence electrons. The first-order chi connectivity index (χ1) is 18.8. The summed E-state index contributed by atoms with van der Waals surface area (Å²) in [5.74, 6) is -2.04. The summed E-state index contributed by atoms with van der Waals surface area (Å²) in [4.78, 5) is 57.1. The lowest BCUT2D eigenvalue weighted by Gasteiger charge is -2.28. The minimum atomic E-state index is -1.11. The van der Waals surface area contributed by atoms with E-state index in [2.05, 4.69) is 30.1 Å². The molecule has 2 atom stereocenters. The van der Waals surface area contributed by atoms with E-state index >= 15 is 0 Å². The number of carbonyl (C=O) groups is 4. The van der Waals surface area contributed by atoms with Crippen LogP contribution in [0.3, 0.4) is 0 Å². The van der Waals surface area contributed by atoms with Crippen molar-refractivity contribution in [2.24, 2.45) is 10.4 Å². The van der Waals surface area contributed by atoms with Crippen LogP contribution in [0.2, 0.25) is 0 Å². The number of aliphatic hydroxyl groups excluding tert-OH is 1. The van der Waals surface area contributed by atoms with Crippen molar-refractivity contribution in [1.82, 2.24) is 15.2 Å². The number of nitrogens with one attached hydrogen (secondary N) is 3. The van der Waals surface area contributed by atoms with Gasteiger partial charge >= 0.3 is 11.9 Å². The molecule has 12 nitrogen and oxygen atoms in total. The second kappa shape index (κ2) is 12.7. The average molecular weight is 560 g/mol. The summed E-state index contributed by atoms with van der Waals surface area (Å²) < 4.78 is 24.1. The Labute approximate surface area is 230 Å². The maximum atomic E-state index is 14.9. The number of hydrogen-bond donors (Lipinski definition) is 4. The molecule has 2 amide bonds. The molecule has 40 heavy (non-hydrogen) atoms. The third kappa shape index (κ3) is 7.44. The number of anilines is 1. The Hall–Kier alpha value is -4.26. The average Bonchev–Trinajstić information content (AvgIpc) is 3.33. The minimum Gasteiger partial charge on any atom is -0.469 e. The largest absolute Gasteiger partial charge is 0.469 e. The first-order valence-corrected chi connectivity index (χ1v) is 12.6. The van der Waals surface area contributed by atoms with Crippen LogP contribution >= 0.6 is 0 Å². The molecule has 3 rings (SSSR count). The SMILES string of the molecule is COC(=O)CC[C@@H](NC(=O)c1ccc(CCN2C=Nc3[nH]c(NC(=O)C(C)(C)C)cc3C2O)c(F)c1)C(=O)OC. The third-order valence-electron chi connectivity index (χ3n) is 6.29. The van der Waals surface area contributed by atoms with Crippen LogP contribution in [0.5, 0.6) is 0 Å². The minimum absolute atomic E-state index is 0.0189. The van der Waals surface area contributed by atoms with Crippen LogP contribution in [0.15, 0.2) is 29.3 Å². The summed E-state index contributed by atoms with van der Waals surface area (Å²) in [6, 6.07) is 4.40. The van der Waals surface area contributed by atoms with Crippen molar-refractivity contribution in [1.29, 1.82) is 0 Å². The van der Waals surface area contributed by atoms with Gasteiger partial charge in [-0.1, -0.05) is 26.8 Å². The molecule has 0 aliphatic carbocycles. The number of aromatic nitrogens is 1. The molecule has 2 aromatic rings. The van der Waals surface area contributed by atoms with Crippen LogP contribution in [0.25, 0.3) is 0 Å². The molecule has 0 saturated carbocycles. The van der Waals surface area contributed by atoms with Crippen molar-refractivity contribution in [3.8, 4) is 0 Å². The monoisotopic (exact) mass is 559 g/mol. The third-order valence-corrected chi connectivity index (χ3v) is 6.29. The van der Waals surface area contributed by atoms with Crippen molar-refractivity contribution in [3.63, 3.8) is 0 Å². The molecule has 1 aliphatic rings. The van der Waals surface area contributed by atoms with Gasteiger partial charge in [0.1, 0.15) is 23.5 Å². The normalized spacial score (nSPS) is 15.2. The maximum Gasteiger partial charge on any atom is 0.328 e. The lowest BCUT2D eigenvalue weighted by atomic mass is 9.96. The highest BCUT2D eigenvalue weighted by atomic mass is 19.1. The van der Waals surface area contributed by atoms with Gasteiger partial charge in [0.15, 0.2) is 6.23 Å². The number of H-pyrrole nitrogens is 1. The van der Waals surface area contributed by atoms with E-state index in [-0.39, 0.29) is 37.3 Å². The molecule has 4 N–H and O–H groups in total. The fourth-order valence-electron chi connectivity index (χ4n) is 3.83. The summed E-state index contributed by atoms with van der Waals surface area (Å²) in [5.41, 5.74) is 0.138. The molecule has 1 unspecified atom stereocenters. The van der Waals surface area contributed by atoms with E-state index < -0.39 is 41.3 Å². The van der Waals surface area contributed by atoms with Crippen molar-refractivity contribution in [3.05, 3.63) is 46.8 Å². The standard InChI is InChI=1S/C27H34FN5O7/c1-27(2,3)26(38)32-20-13-17-22(31-20)29-14-33(24(17)36)11-10-15-6-7-16(12-18(15)28)23(35)30-19(25(37)40-5)8-9-21(34)39-4/h6-7,12-14,19,24,31,36H,8-11H2,1-5H3,(H,30,35)(H,32,38)/t19-,24?/m1/s1. The number of methoxy groups -OCH3 is 2. The fraction of sp³-hybridized carbons (Fsp3) is 0.444. The highest BCUT2D eigenvalue weighted by Gasteiger charge is 2.28. The zero-order chi connectivity index (χ0) is 29.6. The Balaban J connectivity index is 1.61. The van der Waals surface area contributed by atoms with Gasteiger partial charge < -0.3 is 35.1 Å². The van der Waals surface area contributed by atoms with Gasteiger partial charge in [-0.05, 0) is 36.6 Å². The Morgan fingerprint density at radius 3 is 2.52 bits per heavy atom. The number of carbonyl (C=O) groups excluding carboxylic acids is 4. The first kappa shape index (κ1) is 30.3. The Bertz CT molecular complexity index is 1300. The Morgan fingerprint density at radius 1 is 1.18 bits per heavy atom.